The Kier molecular flexibility index (Phi) is 5.74. The number of rotatable bonds is 8. The summed E-state index contributed by atoms with van der Waals surface area (Å²) >= 11 is 0. The lowest BCUT2D eigenvalue weighted by molar-refractivity contribution is -0.138. The SMILES string of the molecule is CCCC(CC(=O)O)n1nnnc1CC(C)CC. The molecular weight excluding hydrogens is 232 g/mol. The summed E-state index contributed by atoms with van der Waals surface area (Å²) in [5, 5.41) is 20.6. The molecule has 1 aromatic rings. The Morgan fingerprint density at radius 1 is 1.44 bits per heavy atom. The van der Waals surface area contributed by atoms with Crippen LogP contribution in [-0.2, 0) is 11.2 Å². The van der Waals surface area contributed by atoms with Crippen LogP contribution in [0, 0.1) is 5.92 Å². The van der Waals surface area contributed by atoms with Crippen molar-refractivity contribution in [2.24, 2.45) is 5.92 Å². The zero-order valence-corrected chi connectivity index (χ0v) is 11.3. The van der Waals surface area contributed by atoms with Crippen molar-refractivity contribution < 1.29 is 9.90 Å². The summed E-state index contributed by atoms with van der Waals surface area (Å²) < 4.78 is 1.70. The number of hydrogen-bond donors (Lipinski definition) is 1. The summed E-state index contributed by atoms with van der Waals surface area (Å²) in [5.74, 6) is 0.490. The van der Waals surface area contributed by atoms with Gasteiger partial charge in [-0.05, 0) is 22.8 Å². The second-order valence-electron chi connectivity index (χ2n) is 4.80. The van der Waals surface area contributed by atoms with Gasteiger partial charge in [-0.2, -0.15) is 0 Å². The van der Waals surface area contributed by atoms with Gasteiger partial charge >= 0.3 is 5.97 Å². The van der Waals surface area contributed by atoms with E-state index in [1.54, 1.807) is 4.68 Å². The lowest BCUT2D eigenvalue weighted by Gasteiger charge is -2.16. The molecule has 6 heteroatoms. The molecule has 2 atom stereocenters. The zero-order valence-electron chi connectivity index (χ0n) is 11.3. The van der Waals surface area contributed by atoms with Gasteiger partial charge in [0.25, 0.3) is 0 Å². The molecule has 0 aromatic carbocycles. The Labute approximate surface area is 107 Å². The van der Waals surface area contributed by atoms with Crippen LogP contribution in [0.25, 0.3) is 0 Å². The van der Waals surface area contributed by atoms with Gasteiger partial charge in [0, 0.05) is 6.42 Å². The van der Waals surface area contributed by atoms with Crippen molar-refractivity contribution in [2.75, 3.05) is 0 Å². The van der Waals surface area contributed by atoms with Gasteiger partial charge < -0.3 is 5.11 Å². The third kappa shape index (κ3) is 4.09. The van der Waals surface area contributed by atoms with E-state index < -0.39 is 5.97 Å². The highest BCUT2D eigenvalue weighted by molar-refractivity contribution is 5.67. The van der Waals surface area contributed by atoms with E-state index in [-0.39, 0.29) is 12.5 Å². The average molecular weight is 254 g/mol. The Bertz CT molecular complexity index is 378. The Hall–Kier alpha value is -1.46. The third-order valence-corrected chi connectivity index (χ3v) is 3.17. The first-order chi connectivity index (χ1) is 8.58. The van der Waals surface area contributed by atoms with Crippen LogP contribution in [-0.4, -0.2) is 31.3 Å². The number of nitrogens with zero attached hydrogens (tertiary/aromatic N) is 4. The van der Waals surface area contributed by atoms with Gasteiger partial charge in [0.05, 0.1) is 12.5 Å². The number of carboxylic acid groups (broad SMARTS) is 1. The van der Waals surface area contributed by atoms with E-state index in [2.05, 4.69) is 29.4 Å². The molecular formula is C12H22N4O2. The van der Waals surface area contributed by atoms with Gasteiger partial charge in [-0.1, -0.05) is 33.6 Å². The van der Waals surface area contributed by atoms with Gasteiger partial charge in [-0.15, -0.1) is 5.10 Å². The molecule has 2 unspecified atom stereocenters. The van der Waals surface area contributed by atoms with Gasteiger partial charge in [0.15, 0.2) is 5.82 Å². The molecule has 6 nitrogen and oxygen atoms in total. The van der Waals surface area contributed by atoms with E-state index in [0.717, 1.165) is 31.5 Å². The monoisotopic (exact) mass is 254 g/mol. The molecule has 1 rings (SSSR count). The zero-order chi connectivity index (χ0) is 13.5. The predicted octanol–water partition coefficient (Wildman–Crippen LogP) is 2.08. The van der Waals surface area contributed by atoms with Crippen LogP contribution in [0.1, 0.15) is 58.3 Å². The molecule has 0 saturated heterocycles. The Balaban J connectivity index is 2.83. The highest BCUT2D eigenvalue weighted by Gasteiger charge is 2.20. The number of aliphatic carboxylic acids is 1. The number of hydrogen-bond acceptors (Lipinski definition) is 4. The Morgan fingerprint density at radius 2 is 2.17 bits per heavy atom. The molecule has 0 amide bonds. The molecule has 0 aliphatic heterocycles. The molecule has 0 aliphatic carbocycles. The van der Waals surface area contributed by atoms with Crippen LogP contribution < -0.4 is 0 Å². The minimum absolute atomic E-state index is 0.0758. The molecule has 0 spiro atoms. The quantitative estimate of drug-likeness (QED) is 0.768. The van der Waals surface area contributed by atoms with Gasteiger partial charge in [0.1, 0.15) is 0 Å². The fourth-order valence-corrected chi connectivity index (χ4v) is 1.93. The third-order valence-electron chi connectivity index (χ3n) is 3.17. The maximum Gasteiger partial charge on any atom is 0.305 e. The molecule has 0 saturated carbocycles. The van der Waals surface area contributed by atoms with Crippen molar-refractivity contribution in [3.05, 3.63) is 5.82 Å². The minimum atomic E-state index is -0.807. The summed E-state index contributed by atoms with van der Waals surface area (Å²) in [4.78, 5) is 10.9. The van der Waals surface area contributed by atoms with Crippen molar-refractivity contribution in [1.82, 2.24) is 20.2 Å². The second kappa shape index (κ2) is 7.08. The van der Waals surface area contributed by atoms with Crippen LogP contribution in [0.15, 0.2) is 0 Å². The number of aromatic nitrogens is 4. The molecule has 102 valence electrons. The molecule has 18 heavy (non-hydrogen) atoms. The molecule has 1 aromatic heterocycles. The van der Waals surface area contributed by atoms with Crippen LogP contribution >= 0.6 is 0 Å². The highest BCUT2D eigenvalue weighted by atomic mass is 16.4. The molecule has 0 radical (unpaired) electrons. The van der Waals surface area contributed by atoms with E-state index in [0.29, 0.717) is 5.92 Å². The van der Waals surface area contributed by atoms with Crippen LogP contribution in [0.3, 0.4) is 0 Å². The van der Waals surface area contributed by atoms with Crippen molar-refractivity contribution in [1.29, 1.82) is 0 Å². The molecule has 1 N–H and O–H groups in total. The summed E-state index contributed by atoms with van der Waals surface area (Å²) in [7, 11) is 0. The summed E-state index contributed by atoms with van der Waals surface area (Å²) in [6.45, 7) is 6.30. The van der Waals surface area contributed by atoms with E-state index in [4.69, 9.17) is 5.11 Å². The first-order valence-corrected chi connectivity index (χ1v) is 6.56. The van der Waals surface area contributed by atoms with Gasteiger partial charge in [0.2, 0.25) is 0 Å². The molecule has 0 aliphatic rings. The minimum Gasteiger partial charge on any atom is -0.481 e. The number of carbonyl (C=O) groups is 1. The molecule has 0 bridgehead atoms. The normalized spacial score (nSPS) is 14.4. The fourth-order valence-electron chi connectivity index (χ4n) is 1.93. The van der Waals surface area contributed by atoms with E-state index >= 15 is 0 Å². The topological polar surface area (TPSA) is 80.9 Å². The van der Waals surface area contributed by atoms with E-state index in [1.165, 1.54) is 0 Å². The highest BCUT2D eigenvalue weighted by Crippen LogP contribution is 2.20. The lowest BCUT2D eigenvalue weighted by Crippen LogP contribution is -2.19. The lowest BCUT2D eigenvalue weighted by atomic mass is 10.0. The Morgan fingerprint density at radius 3 is 2.72 bits per heavy atom. The van der Waals surface area contributed by atoms with Crippen molar-refractivity contribution in [3.8, 4) is 0 Å². The van der Waals surface area contributed by atoms with E-state index in [9.17, 15) is 4.79 Å². The second-order valence-corrected chi connectivity index (χ2v) is 4.80. The van der Waals surface area contributed by atoms with Gasteiger partial charge in [-0.3, -0.25) is 4.79 Å². The van der Waals surface area contributed by atoms with Crippen molar-refractivity contribution in [3.63, 3.8) is 0 Å². The standard InChI is InChI=1S/C12H22N4O2/c1-4-6-10(8-12(17)18)16-11(13-14-15-16)7-9(3)5-2/h9-10H,4-8H2,1-3H3,(H,17,18). The van der Waals surface area contributed by atoms with Crippen LogP contribution in [0.5, 0.6) is 0 Å². The number of carboxylic acids is 1. The summed E-state index contributed by atoms with van der Waals surface area (Å²) in [5.41, 5.74) is 0. The molecule has 1 heterocycles. The average Bonchev–Trinajstić information content (AvgIpc) is 2.75. The smallest absolute Gasteiger partial charge is 0.305 e. The van der Waals surface area contributed by atoms with Crippen LogP contribution in [0.2, 0.25) is 0 Å². The first kappa shape index (κ1) is 14.6. The maximum absolute atomic E-state index is 10.9. The largest absolute Gasteiger partial charge is 0.481 e. The maximum atomic E-state index is 10.9. The van der Waals surface area contributed by atoms with Crippen molar-refractivity contribution >= 4 is 5.97 Å². The molecule has 0 fully saturated rings. The summed E-state index contributed by atoms with van der Waals surface area (Å²) in [6.07, 6.45) is 3.63. The van der Waals surface area contributed by atoms with Crippen molar-refractivity contribution in [2.45, 2.75) is 58.9 Å². The van der Waals surface area contributed by atoms with Crippen LogP contribution in [0.4, 0.5) is 0 Å². The summed E-state index contributed by atoms with van der Waals surface area (Å²) in [6, 6.07) is -0.137. The van der Waals surface area contributed by atoms with Gasteiger partial charge in [-0.25, -0.2) is 4.68 Å². The number of tetrazole rings is 1. The van der Waals surface area contributed by atoms with E-state index in [1.807, 2.05) is 6.92 Å². The predicted molar refractivity (Wildman–Crippen MR) is 67.2 cm³/mol. The first-order valence-electron chi connectivity index (χ1n) is 6.56. The fraction of sp³-hybridized carbons (Fsp3) is 0.833.